The number of esters is 1. The lowest BCUT2D eigenvalue weighted by Gasteiger charge is -2.07. The maximum atomic E-state index is 11.1. The van der Waals surface area contributed by atoms with E-state index in [1.807, 2.05) is 0 Å². The summed E-state index contributed by atoms with van der Waals surface area (Å²) in [5.74, 6) is -0.209. The number of amides is 1. The number of carbonyl (C=O) groups is 2. The van der Waals surface area contributed by atoms with Crippen LogP contribution in [0.3, 0.4) is 0 Å². The van der Waals surface area contributed by atoms with Crippen LogP contribution in [0.15, 0.2) is 12.3 Å². The Kier molecular flexibility index (Phi) is 3.33. The third kappa shape index (κ3) is 2.73. The van der Waals surface area contributed by atoms with Gasteiger partial charge in [0.05, 0.1) is 0 Å². The number of rotatable bonds is 3. The molecule has 15 heavy (non-hydrogen) atoms. The Morgan fingerprint density at radius 2 is 2.27 bits per heavy atom. The second kappa shape index (κ2) is 4.50. The van der Waals surface area contributed by atoms with Crippen molar-refractivity contribution < 1.29 is 14.3 Å². The van der Waals surface area contributed by atoms with Gasteiger partial charge in [0, 0.05) is 25.6 Å². The first-order valence-corrected chi connectivity index (χ1v) is 4.49. The van der Waals surface area contributed by atoms with E-state index >= 15 is 0 Å². The Bertz CT molecular complexity index is 384. The van der Waals surface area contributed by atoms with E-state index < -0.39 is 5.97 Å². The zero-order valence-electron chi connectivity index (χ0n) is 8.61. The molecule has 6 nitrogen and oxygen atoms in total. The number of ether oxygens (including phenoxy) is 1. The Balaban J connectivity index is 2.79. The minimum Gasteiger partial charge on any atom is -0.423 e. The summed E-state index contributed by atoms with van der Waals surface area (Å²) < 4.78 is 6.11. The van der Waals surface area contributed by atoms with E-state index in [9.17, 15) is 9.59 Å². The summed E-state index contributed by atoms with van der Waals surface area (Å²) in [5, 5.41) is 0. The van der Waals surface area contributed by atoms with E-state index in [0.29, 0.717) is 6.42 Å². The van der Waals surface area contributed by atoms with Crippen LogP contribution >= 0.6 is 0 Å². The lowest BCUT2D eigenvalue weighted by Crippen LogP contribution is -2.22. The minimum atomic E-state index is -0.457. The number of aromatic nitrogens is 1. The van der Waals surface area contributed by atoms with Gasteiger partial charge in [-0.1, -0.05) is 6.92 Å². The third-order valence-electron chi connectivity index (χ3n) is 1.71. The molecular weight excluding hydrogens is 198 g/mol. The SMILES string of the molecule is CCC(=O)Nn1ccc(OC(C)=O)c1N. The normalized spacial score (nSPS) is 9.73. The van der Waals surface area contributed by atoms with Crippen LogP contribution in [0.25, 0.3) is 0 Å². The van der Waals surface area contributed by atoms with E-state index in [-0.39, 0.29) is 17.5 Å². The predicted molar refractivity (Wildman–Crippen MR) is 54.8 cm³/mol. The third-order valence-corrected chi connectivity index (χ3v) is 1.71. The summed E-state index contributed by atoms with van der Waals surface area (Å²) in [6.07, 6.45) is 1.86. The molecule has 0 aromatic carbocycles. The average Bonchev–Trinajstić information content (AvgIpc) is 2.49. The molecule has 0 saturated carbocycles. The fourth-order valence-electron chi connectivity index (χ4n) is 0.979. The van der Waals surface area contributed by atoms with Crippen LogP contribution in [0.4, 0.5) is 5.82 Å². The molecule has 3 N–H and O–H groups in total. The summed E-state index contributed by atoms with van der Waals surface area (Å²) in [7, 11) is 0. The van der Waals surface area contributed by atoms with Crippen molar-refractivity contribution in [1.82, 2.24) is 4.68 Å². The van der Waals surface area contributed by atoms with Crippen LogP contribution in [-0.2, 0) is 9.59 Å². The fourth-order valence-corrected chi connectivity index (χ4v) is 0.979. The van der Waals surface area contributed by atoms with Crippen molar-refractivity contribution >= 4 is 17.7 Å². The van der Waals surface area contributed by atoms with Crippen LogP contribution in [0.2, 0.25) is 0 Å². The highest BCUT2D eigenvalue weighted by Crippen LogP contribution is 2.21. The molecule has 0 bridgehead atoms. The standard InChI is InChI=1S/C9H13N3O3/c1-3-8(14)11-12-5-4-7(9(12)10)15-6(2)13/h4-5H,3,10H2,1-2H3,(H,11,14). The van der Waals surface area contributed by atoms with Gasteiger partial charge in [0.1, 0.15) is 0 Å². The molecule has 82 valence electrons. The van der Waals surface area contributed by atoms with E-state index in [0.717, 1.165) is 0 Å². The average molecular weight is 211 g/mol. The van der Waals surface area contributed by atoms with Crippen molar-refractivity contribution in [3.8, 4) is 5.75 Å². The van der Waals surface area contributed by atoms with Crippen LogP contribution in [0.5, 0.6) is 5.75 Å². The highest BCUT2D eigenvalue weighted by Gasteiger charge is 2.09. The number of nitrogens with two attached hydrogens (primary N) is 1. The predicted octanol–water partition coefficient (Wildman–Crippen LogP) is 0.476. The maximum Gasteiger partial charge on any atom is 0.308 e. The molecular formula is C9H13N3O3. The number of nitrogens with zero attached hydrogens (tertiary/aromatic N) is 1. The maximum absolute atomic E-state index is 11.1. The molecule has 0 atom stereocenters. The van der Waals surface area contributed by atoms with Gasteiger partial charge >= 0.3 is 5.97 Å². The number of hydrogen-bond acceptors (Lipinski definition) is 4. The quantitative estimate of drug-likeness (QED) is 0.712. The topological polar surface area (TPSA) is 86.4 Å². The van der Waals surface area contributed by atoms with Crippen molar-refractivity contribution in [3.05, 3.63) is 12.3 Å². The van der Waals surface area contributed by atoms with E-state index in [1.165, 1.54) is 23.9 Å². The molecule has 0 radical (unpaired) electrons. The second-order valence-electron chi connectivity index (χ2n) is 2.92. The summed E-state index contributed by atoms with van der Waals surface area (Å²) in [6.45, 7) is 3.00. The molecule has 0 aliphatic carbocycles. The summed E-state index contributed by atoms with van der Waals surface area (Å²) in [4.78, 5) is 21.7. The molecule has 1 aromatic heterocycles. The number of carbonyl (C=O) groups excluding carboxylic acids is 2. The number of anilines is 1. The van der Waals surface area contributed by atoms with Crippen LogP contribution in [0.1, 0.15) is 20.3 Å². The Morgan fingerprint density at radius 1 is 1.60 bits per heavy atom. The molecule has 1 amide bonds. The van der Waals surface area contributed by atoms with Gasteiger partial charge in [-0.2, -0.15) is 0 Å². The highest BCUT2D eigenvalue weighted by atomic mass is 16.5. The van der Waals surface area contributed by atoms with Gasteiger partial charge in [0.2, 0.25) is 5.91 Å². The first-order chi connectivity index (χ1) is 7.04. The lowest BCUT2D eigenvalue weighted by molar-refractivity contribution is -0.131. The molecule has 0 spiro atoms. The Morgan fingerprint density at radius 3 is 2.80 bits per heavy atom. The van der Waals surface area contributed by atoms with Crippen molar-refractivity contribution in [3.63, 3.8) is 0 Å². The van der Waals surface area contributed by atoms with Crippen molar-refractivity contribution in [2.75, 3.05) is 11.2 Å². The zero-order valence-corrected chi connectivity index (χ0v) is 8.61. The Labute approximate surface area is 87.0 Å². The monoisotopic (exact) mass is 211 g/mol. The molecule has 0 fully saturated rings. The largest absolute Gasteiger partial charge is 0.423 e. The fraction of sp³-hybridized carbons (Fsp3) is 0.333. The Hall–Kier alpha value is -1.98. The number of nitrogen functional groups attached to an aromatic ring is 1. The van der Waals surface area contributed by atoms with Gasteiger partial charge in [0.15, 0.2) is 11.6 Å². The van der Waals surface area contributed by atoms with E-state index in [1.54, 1.807) is 6.92 Å². The molecule has 0 unspecified atom stereocenters. The first kappa shape index (κ1) is 11.1. The number of hydrogen-bond donors (Lipinski definition) is 2. The summed E-state index contributed by atoms with van der Waals surface area (Å²) in [6, 6.07) is 1.51. The smallest absolute Gasteiger partial charge is 0.308 e. The molecule has 1 aromatic rings. The van der Waals surface area contributed by atoms with Crippen molar-refractivity contribution in [2.24, 2.45) is 0 Å². The molecule has 0 aliphatic heterocycles. The summed E-state index contributed by atoms with van der Waals surface area (Å²) >= 11 is 0. The van der Waals surface area contributed by atoms with Gasteiger partial charge in [-0.15, -0.1) is 0 Å². The van der Waals surface area contributed by atoms with Crippen LogP contribution < -0.4 is 15.9 Å². The molecule has 0 aliphatic rings. The van der Waals surface area contributed by atoms with Gasteiger partial charge < -0.3 is 10.5 Å². The van der Waals surface area contributed by atoms with E-state index in [2.05, 4.69) is 5.43 Å². The number of nitrogens with one attached hydrogen (secondary N) is 1. The van der Waals surface area contributed by atoms with Gasteiger partial charge in [-0.05, 0) is 0 Å². The van der Waals surface area contributed by atoms with Gasteiger partial charge in [-0.3, -0.25) is 15.0 Å². The molecule has 0 saturated heterocycles. The molecule has 1 rings (SSSR count). The van der Waals surface area contributed by atoms with Crippen molar-refractivity contribution in [2.45, 2.75) is 20.3 Å². The minimum absolute atomic E-state index is 0.174. The molecule has 1 heterocycles. The zero-order chi connectivity index (χ0) is 11.4. The lowest BCUT2D eigenvalue weighted by atomic mass is 10.5. The van der Waals surface area contributed by atoms with Crippen LogP contribution in [0, 0.1) is 0 Å². The van der Waals surface area contributed by atoms with Gasteiger partial charge in [-0.25, -0.2) is 4.68 Å². The van der Waals surface area contributed by atoms with E-state index in [4.69, 9.17) is 10.5 Å². The summed E-state index contributed by atoms with van der Waals surface area (Å²) in [5.41, 5.74) is 8.14. The first-order valence-electron chi connectivity index (χ1n) is 4.49. The van der Waals surface area contributed by atoms with Crippen LogP contribution in [-0.4, -0.2) is 16.6 Å². The molecule has 6 heteroatoms. The highest BCUT2D eigenvalue weighted by molar-refractivity contribution is 5.84. The van der Waals surface area contributed by atoms with Crippen molar-refractivity contribution in [1.29, 1.82) is 0 Å². The van der Waals surface area contributed by atoms with Gasteiger partial charge in [0.25, 0.3) is 0 Å². The second-order valence-corrected chi connectivity index (χ2v) is 2.92.